The number of amides is 3. The minimum atomic E-state index is -0.577. The van der Waals surface area contributed by atoms with E-state index in [1.165, 1.54) is 23.1 Å². The van der Waals surface area contributed by atoms with E-state index < -0.39 is 6.04 Å². The monoisotopic (exact) mass is 910 g/mol. The second-order valence-corrected chi connectivity index (χ2v) is 18.4. The first kappa shape index (κ1) is 38.4. The average molecular weight is 913 g/mol. The van der Waals surface area contributed by atoms with Crippen LogP contribution in [0.4, 0.5) is 0 Å². The van der Waals surface area contributed by atoms with E-state index >= 15 is 0 Å². The summed E-state index contributed by atoms with van der Waals surface area (Å²) in [6.45, 7) is 6.31. The number of ether oxygens (including phenoxy) is 2. The van der Waals surface area contributed by atoms with Crippen molar-refractivity contribution in [1.82, 2.24) is 20.0 Å². The molecule has 4 aliphatic rings. The number of nitrogens with zero attached hydrogens (tertiary/aromatic N) is 3. The molecule has 5 aromatic rings. The predicted molar refractivity (Wildman–Crippen MR) is 230 cm³/mol. The van der Waals surface area contributed by atoms with Crippen molar-refractivity contribution in [2.45, 2.75) is 63.1 Å². The molecule has 9 rings (SSSR count). The summed E-state index contributed by atoms with van der Waals surface area (Å²) in [6, 6.07) is 28.9. The van der Waals surface area contributed by atoms with Crippen molar-refractivity contribution in [2.24, 2.45) is 0 Å². The summed E-state index contributed by atoms with van der Waals surface area (Å²) < 4.78 is 16.0. The van der Waals surface area contributed by atoms with Gasteiger partial charge in [-0.15, -0.1) is 11.3 Å². The Bertz CT molecular complexity index is 2300. The highest BCUT2D eigenvalue weighted by molar-refractivity contribution is 9.10. The Morgan fingerprint density at radius 3 is 2.26 bits per heavy atom. The molecular formula is C45H44Br2N4O5S. The molecule has 1 unspecified atom stereocenters. The van der Waals surface area contributed by atoms with Gasteiger partial charge in [0.15, 0.2) is 5.75 Å². The molecule has 5 heterocycles. The Labute approximate surface area is 353 Å². The quantitative estimate of drug-likeness (QED) is 0.140. The third-order valence-electron chi connectivity index (χ3n) is 12.1. The minimum Gasteiger partial charge on any atom is -0.492 e. The zero-order valence-corrected chi connectivity index (χ0v) is 35.5. The van der Waals surface area contributed by atoms with Crippen LogP contribution in [-0.4, -0.2) is 83.8 Å². The molecule has 1 N–H and O–H groups in total. The van der Waals surface area contributed by atoms with Crippen LogP contribution < -0.4 is 14.8 Å². The summed E-state index contributed by atoms with van der Waals surface area (Å²) in [5.74, 6) is 2.22. The van der Waals surface area contributed by atoms with Gasteiger partial charge >= 0.3 is 0 Å². The lowest BCUT2D eigenvalue weighted by molar-refractivity contribution is -0.136. The van der Waals surface area contributed by atoms with E-state index in [-0.39, 0.29) is 24.1 Å². The van der Waals surface area contributed by atoms with E-state index in [4.69, 9.17) is 9.47 Å². The standard InChI is InChI=1S/C45H44Br2N4O5S/c46-32-4-1-29(2-5-32)43-42(38-12-6-33(47)26-40(38)57-43)56-36-9-7-35(8-10-36)55-24-23-49-19-17-34(18-20-49)50-21-15-28(16-22-50)30-3-11-37-31(25-30)27-51(45(37)54)39-13-14-41(52)48-44(39)53/h1-12,25-26,28,34,39H,13-24,27H2,(H,48,52,53). The number of piperidine rings is 3. The molecule has 57 heavy (non-hydrogen) atoms. The van der Waals surface area contributed by atoms with Crippen molar-refractivity contribution >= 4 is 71.0 Å². The van der Waals surface area contributed by atoms with Gasteiger partial charge in [0.2, 0.25) is 11.8 Å². The summed E-state index contributed by atoms with van der Waals surface area (Å²) in [4.78, 5) is 45.2. The number of hydrogen-bond acceptors (Lipinski definition) is 8. The highest BCUT2D eigenvalue weighted by atomic mass is 79.9. The van der Waals surface area contributed by atoms with Gasteiger partial charge in [-0.25, -0.2) is 0 Å². The second-order valence-electron chi connectivity index (χ2n) is 15.5. The molecule has 0 radical (unpaired) electrons. The van der Waals surface area contributed by atoms with Crippen LogP contribution in [0.1, 0.15) is 65.9 Å². The van der Waals surface area contributed by atoms with Gasteiger partial charge in [-0.2, -0.15) is 0 Å². The van der Waals surface area contributed by atoms with Gasteiger partial charge in [-0.05, 0) is 142 Å². The fourth-order valence-electron chi connectivity index (χ4n) is 8.91. The number of rotatable bonds is 10. The van der Waals surface area contributed by atoms with Crippen LogP contribution in [-0.2, 0) is 16.1 Å². The van der Waals surface area contributed by atoms with Crippen LogP contribution in [0.3, 0.4) is 0 Å². The molecule has 0 saturated carbocycles. The van der Waals surface area contributed by atoms with E-state index in [1.54, 1.807) is 16.2 Å². The van der Waals surface area contributed by atoms with Crippen LogP contribution in [0.2, 0.25) is 0 Å². The lowest BCUT2D eigenvalue weighted by atomic mass is 9.86. The molecular weight excluding hydrogens is 868 g/mol. The highest BCUT2D eigenvalue weighted by Gasteiger charge is 2.39. The maximum Gasteiger partial charge on any atom is 0.255 e. The summed E-state index contributed by atoms with van der Waals surface area (Å²) in [7, 11) is 0. The minimum absolute atomic E-state index is 0.108. The maximum absolute atomic E-state index is 13.2. The fourth-order valence-corrected chi connectivity index (χ4v) is 10.9. The average Bonchev–Trinajstić information content (AvgIpc) is 3.74. The third-order valence-corrected chi connectivity index (χ3v) is 14.3. The van der Waals surface area contributed by atoms with E-state index in [9.17, 15) is 14.4 Å². The first-order valence-electron chi connectivity index (χ1n) is 19.9. The maximum atomic E-state index is 13.2. The largest absolute Gasteiger partial charge is 0.492 e. The molecule has 0 bridgehead atoms. The van der Waals surface area contributed by atoms with Gasteiger partial charge < -0.3 is 19.3 Å². The SMILES string of the molecule is O=C1CCC(N2Cc3cc(C4CCN(C5CCN(CCOc6ccc(Oc7c(-c8ccc(Br)cc8)sc8cc(Br)ccc78)cc6)CC5)CC4)ccc3C2=O)C(=O)N1. The number of thiophene rings is 1. The molecule has 0 aliphatic carbocycles. The second kappa shape index (κ2) is 16.7. The number of carbonyl (C=O) groups excluding carboxylic acids is 3. The van der Waals surface area contributed by atoms with E-state index in [0.717, 1.165) is 93.1 Å². The summed E-state index contributed by atoms with van der Waals surface area (Å²) in [5.41, 5.74) is 4.09. The van der Waals surface area contributed by atoms with Gasteiger partial charge in [-0.1, -0.05) is 56.1 Å². The fraction of sp³-hybridized carbons (Fsp3) is 0.356. The van der Waals surface area contributed by atoms with Gasteiger partial charge in [0.05, 0.1) is 4.88 Å². The lowest BCUT2D eigenvalue weighted by Gasteiger charge is -2.42. The van der Waals surface area contributed by atoms with E-state index in [0.29, 0.717) is 37.1 Å². The summed E-state index contributed by atoms with van der Waals surface area (Å²) in [6.07, 6.45) is 5.21. The van der Waals surface area contributed by atoms with Crippen molar-refractivity contribution in [2.75, 3.05) is 39.3 Å². The first-order valence-corrected chi connectivity index (χ1v) is 22.3. The lowest BCUT2D eigenvalue weighted by Crippen LogP contribution is -2.52. The molecule has 294 valence electrons. The van der Waals surface area contributed by atoms with Crippen LogP contribution >= 0.6 is 43.2 Å². The Kier molecular flexibility index (Phi) is 11.2. The van der Waals surface area contributed by atoms with Crippen LogP contribution in [0.15, 0.2) is 93.9 Å². The zero-order chi connectivity index (χ0) is 39.0. The Balaban J connectivity index is 0.725. The van der Waals surface area contributed by atoms with Crippen LogP contribution in [0.5, 0.6) is 17.2 Å². The highest BCUT2D eigenvalue weighted by Crippen LogP contribution is 2.47. The zero-order valence-electron chi connectivity index (χ0n) is 31.6. The van der Waals surface area contributed by atoms with Crippen LogP contribution in [0, 0.1) is 0 Å². The van der Waals surface area contributed by atoms with Crippen molar-refractivity contribution in [1.29, 1.82) is 0 Å². The van der Waals surface area contributed by atoms with Gasteiger partial charge in [0, 0.05) is 50.1 Å². The number of fused-ring (bicyclic) bond motifs is 2. The number of hydrogen-bond donors (Lipinski definition) is 1. The van der Waals surface area contributed by atoms with Crippen molar-refractivity contribution in [3.8, 4) is 27.7 Å². The number of likely N-dealkylation sites (tertiary alicyclic amines) is 2. The number of carbonyl (C=O) groups is 3. The molecule has 1 atom stereocenters. The van der Waals surface area contributed by atoms with E-state index in [2.05, 4.69) is 102 Å². The Morgan fingerprint density at radius 2 is 1.51 bits per heavy atom. The van der Waals surface area contributed by atoms with Crippen molar-refractivity contribution in [3.63, 3.8) is 0 Å². The number of imide groups is 1. The smallest absolute Gasteiger partial charge is 0.255 e. The van der Waals surface area contributed by atoms with Crippen LogP contribution in [0.25, 0.3) is 20.5 Å². The van der Waals surface area contributed by atoms with Gasteiger partial charge in [0.1, 0.15) is 24.1 Å². The molecule has 3 amide bonds. The topological polar surface area (TPSA) is 91.4 Å². The first-order chi connectivity index (χ1) is 27.8. The number of nitrogens with one attached hydrogen (secondary N) is 1. The molecule has 3 saturated heterocycles. The Morgan fingerprint density at radius 1 is 0.772 bits per heavy atom. The predicted octanol–water partition coefficient (Wildman–Crippen LogP) is 9.37. The van der Waals surface area contributed by atoms with Crippen molar-refractivity contribution in [3.05, 3.63) is 111 Å². The van der Waals surface area contributed by atoms with E-state index in [1.807, 2.05) is 30.3 Å². The van der Waals surface area contributed by atoms with Gasteiger partial charge in [0.25, 0.3) is 5.91 Å². The van der Waals surface area contributed by atoms with Gasteiger partial charge in [-0.3, -0.25) is 24.6 Å². The molecule has 0 spiro atoms. The Hall–Kier alpha value is -4.07. The summed E-state index contributed by atoms with van der Waals surface area (Å²) >= 11 is 8.91. The normalized spacial score (nSPS) is 19.9. The molecule has 12 heteroatoms. The molecule has 4 aromatic carbocycles. The number of benzene rings is 4. The molecule has 1 aromatic heterocycles. The molecule has 9 nitrogen and oxygen atoms in total. The molecule has 4 aliphatic heterocycles. The number of halogens is 2. The molecule has 3 fully saturated rings. The third kappa shape index (κ3) is 8.29. The summed E-state index contributed by atoms with van der Waals surface area (Å²) in [5, 5.41) is 3.48. The van der Waals surface area contributed by atoms with Crippen molar-refractivity contribution < 1.29 is 23.9 Å².